The molecule has 0 radical (unpaired) electrons. The van der Waals surface area contributed by atoms with Gasteiger partial charge in [0.05, 0.1) is 13.2 Å². The van der Waals surface area contributed by atoms with Crippen molar-refractivity contribution in [3.05, 3.63) is 49.6 Å². The molecule has 20 heavy (non-hydrogen) atoms. The molecule has 0 saturated carbocycles. The highest BCUT2D eigenvalue weighted by molar-refractivity contribution is 5.31. The van der Waals surface area contributed by atoms with Crippen LogP contribution in [0.25, 0.3) is 0 Å². The maximum Gasteiger partial charge on any atom is 0.119 e. The van der Waals surface area contributed by atoms with Gasteiger partial charge in [-0.2, -0.15) is 0 Å². The number of ether oxygens (including phenoxy) is 2. The molecule has 0 aliphatic rings. The smallest absolute Gasteiger partial charge is 0.119 e. The average molecular weight is 274 g/mol. The minimum atomic E-state index is 0.760. The fourth-order valence-electron chi connectivity index (χ4n) is 1.79. The quantitative estimate of drug-likeness (QED) is 0.387. The summed E-state index contributed by atoms with van der Waals surface area (Å²) in [6, 6.07) is 7.86. The normalized spacial score (nSPS) is 10.0. The number of hydrogen-bond donors (Lipinski definition) is 0. The second kappa shape index (κ2) is 11.2. The first-order valence-electron chi connectivity index (χ1n) is 7.44. The standard InChI is InChI=1S/C18H26O2/c1-3-5-7-9-15-19-17-11-13-18(14-12-17)20-16-10-8-6-4-2/h3-4,11-14H,1-2,5-10,15-16H2. The molecule has 0 fully saturated rings. The number of unbranched alkanes of at least 4 members (excludes halogenated alkanes) is 4. The largest absolute Gasteiger partial charge is 0.494 e. The lowest BCUT2D eigenvalue weighted by atomic mass is 10.2. The molecular formula is C18H26O2. The lowest BCUT2D eigenvalue weighted by Gasteiger charge is -2.08. The topological polar surface area (TPSA) is 18.5 Å². The molecule has 0 saturated heterocycles. The van der Waals surface area contributed by atoms with Crippen LogP contribution in [-0.2, 0) is 0 Å². The van der Waals surface area contributed by atoms with Crippen molar-refractivity contribution in [2.24, 2.45) is 0 Å². The van der Waals surface area contributed by atoms with E-state index in [-0.39, 0.29) is 0 Å². The summed E-state index contributed by atoms with van der Waals surface area (Å²) in [4.78, 5) is 0. The van der Waals surface area contributed by atoms with Crippen LogP contribution in [0, 0.1) is 0 Å². The Bertz CT molecular complexity index is 331. The monoisotopic (exact) mass is 274 g/mol. The van der Waals surface area contributed by atoms with Crippen LogP contribution in [-0.4, -0.2) is 13.2 Å². The van der Waals surface area contributed by atoms with Gasteiger partial charge >= 0.3 is 0 Å². The molecule has 0 aliphatic heterocycles. The first-order chi connectivity index (χ1) is 9.86. The second-order valence-corrected chi connectivity index (χ2v) is 4.74. The molecule has 0 aromatic heterocycles. The first-order valence-corrected chi connectivity index (χ1v) is 7.44. The minimum Gasteiger partial charge on any atom is -0.494 e. The predicted molar refractivity (Wildman–Crippen MR) is 85.5 cm³/mol. The number of allylic oxidation sites excluding steroid dienone is 2. The van der Waals surface area contributed by atoms with Gasteiger partial charge in [0.2, 0.25) is 0 Å². The zero-order chi connectivity index (χ0) is 14.5. The van der Waals surface area contributed by atoms with Gasteiger partial charge in [0, 0.05) is 0 Å². The second-order valence-electron chi connectivity index (χ2n) is 4.74. The molecule has 2 nitrogen and oxygen atoms in total. The summed E-state index contributed by atoms with van der Waals surface area (Å²) in [5.41, 5.74) is 0. The summed E-state index contributed by atoms with van der Waals surface area (Å²) < 4.78 is 11.3. The molecule has 0 N–H and O–H groups in total. The maximum atomic E-state index is 5.66. The van der Waals surface area contributed by atoms with Crippen molar-refractivity contribution in [1.82, 2.24) is 0 Å². The van der Waals surface area contributed by atoms with E-state index in [0.29, 0.717) is 0 Å². The Labute approximate surface area is 123 Å². The molecule has 0 bridgehead atoms. The van der Waals surface area contributed by atoms with Crippen LogP contribution in [0.15, 0.2) is 49.6 Å². The molecule has 1 rings (SSSR count). The van der Waals surface area contributed by atoms with Gasteiger partial charge in [-0.05, 0) is 62.8 Å². The van der Waals surface area contributed by atoms with Crippen molar-refractivity contribution in [2.45, 2.75) is 38.5 Å². The number of rotatable bonds is 12. The van der Waals surface area contributed by atoms with Crippen molar-refractivity contribution in [3.8, 4) is 11.5 Å². The van der Waals surface area contributed by atoms with Crippen molar-refractivity contribution in [1.29, 1.82) is 0 Å². The van der Waals surface area contributed by atoms with Gasteiger partial charge in [-0.3, -0.25) is 0 Å². The van der Waals surface area contributed by atoms with E-state index >= 15 is 0 Å². The van der Waals surface area contributed by atoms with Gasteiger partial charge in [-0.15, -0.1) is 13.2 Å². The first kappa shape index (κ1) is 16.4. The highest BCUT2D eigenvalue weighted by Gasteiger charge is 1.97. The van der Waals surface area contributed by atoms with Crippen LogP contribution in [0.2, 0.25) is 0 Å². The summed E-state index contributed by atoms with van der Waals surface area (Å²) in [5, 5.41) is 0. The van der Waals surface area contributed by atoms with Gasteiger partial charge in [-0.1, -0.05) is 12.2 Å². The zero-order valence-corrected chi connectivity index (χ0v) is 12.4. The maximum absolute atomic E-state index is 5.66. The van der Waals surface area contributed by atoms with Crippen LogP contribution < -0.4 is 9.47 Å². The van der Waals surface area contributed by atoms with E-state index < -0.39 is 0 Å². The Morgan fingerprint density at radius 2 is 1.10 bits per heavy atom. The minimum absolute atomic E-state index is 0.760. The van der Waals surface area contributed by atoms with Gasteiger partial charge in [0.25, 0.3) is 0 Å². The van der Waals surface area contributed by atoms with Crippen molar-refractivity contribution < 1.29 is 9.47 Å². The predicted octanol–water partition coefficient (Wildman–Crippen LogP) is 5.16. The molecule has 110 valence electrons. The van der Waals surface area contributed by atoms with Gasteiger partial charge in [0.15, 0.2) is 0 Å². The molecule has 2 heteroatoms. The highest BCUT2D eigenvalue weighted by Crippen LogP contribution is 2.18. The van der Waals surface area contributed by atoms with E-state index in [1.165, 1.54) is 0 Å². The summed E-state index contributed by atoms with van der Waals surface area (Å²) >= 11 is 0. The summed E-state index contributed by atoms with van der Waals surface area (Å²) in [6.07, 6.45) is 10.4. The van der Waals surface area contributed by atoms with Crippen molar-refractivity contribution >= 4 is 0 Å². The van der Waals surface area contributed by atoms with Crippen molar-refractivity contribution in [3.63, 3.8) is 0 Å². The summed E-state index contributed by atoms with van der Waals surface area (Å²) in [6.45, 7) is 8.93. The Morgan fingerprint density at radius 1 is 0.700 bits per heavy atom. The van der Waals surface area contributed by atoms with E-state index in [4.69, 9.17) is 9.47 Å². The third kappa shape index (κ3) is 7.67. The van der Waals surface area contributed by atoms with Crippen LogP contribution in [0.5, 0.6) is 11.5 Å². The van der Waals surface area contributed by atoms with Crippen molar-refractivity contribution in [2.75, 3.05) is 13.2 Å². The van der Waals surface area contributed by atoms with E-state index in [1.807, 2.05) is 36.4 Å². The van der Waals surface area contributed by atoms with Gasteiger partial charge in [-0.25, -0.2) is 0 Å². The molecule has 0 aliphatic carbocycles. The Hall–Kier alpha value is -1.70. The van der Waals surface area contributed by atoms with Crippen LogP contribution >= 0.6 is 0 Å². The van der Waals surface area contributed by atoms with E-state index in [9.17, 15) is 0 Å². The molecule has 0 spiro atoms. The SMILES string of the molecule is C=CCCCCOc1ccc(OCCCCC=C)cc1. The average Bonchev–Trinajstić information content (AvgIpc) is 2.48. The number of hydrogen-bond acceptors (Lipinski definition) is 2. The lowest BCUT2D eigenvalue weighted by Crippen LogP contribution is -1.98. The Balaban J connectivity index is 2.15. The molecule has 0 unspecified atom stereocenters. The van der Waals surface area contributed by atoms with Gasteiger partial charge < -0.3 is 9.47 Å². The molecule has 1 aromatic carbocycles. The Kier molecular flexibility index (Phi) is 9.12. The van der Waals surface area contributed by atoms with Crippen LogP contribution in [0.4, 0.5) is 0 Å². The fourth-order valence-corrected chi connectivity index (χ4v) is 1.79. The number of benzene rings is 1. The molecule has 0 atom stereocenters. The van der Waals surface area contributed by atoms with Gasteiger partial charge in [0.1, 0.15) is 11.5 Å². The van der Waals surface area contributed by atoms with E-state index in [1.54, 1.807) is 0 Å². The third-order valence-corrected chi connectivity index (χ3v) is 2.97. The van der Waals surface area contributed by atoms with E-state index in [0.717, 1.165) is 63.2 Å². The third-order valence-electron chi connectivity index (χ3n) is 2.97. The molecule has 1 aromatic rings. The van der Waals surface area contributed by atoms with Crippen LogP contribution in [0.3, 0.4) is 0 Å². The molecular weight excluding hydrogens is 248 g/mol. The van der Waals surface area contributed by atoms with Crippen LogP contribution in [0.1, 0.15) is 38.5 Å². The molecule has 0 heterocycles. The van der Waals surface area contributed by atoms with E-state index in [2.05, 4.69) is 13.2 Å². The fraction of sp³-hybridized carbons (Fsp3) is 0.444. The highest BCUT2D eigenvalue weighted by atomic mass is 16.5. The summed E-state index contributed by atoms with van der Waals surface area (Å²) in [5.74, 6) is 1.81. The zero-order valence-electron chi connectivity index (χ0n) is 12.4. The summed E-state index contributed by atoms with van der Waals surface area (Å²) in [7, 11) is 0. The Morgan fingerprint density at radius 3 is 1.45 bits per heavy atom. The molecule has 0 amide bonds. The lowest BCUT2D eigenvalue weighted by molar-refractivity contribution is 0.299.